The Hall–Kier alpha value is -2.96. The summed E-state index contributed by atoms with van der Waals surface area (Å²) in [5, 5.41) is 3.92. The molecule has 1 heterocycles. The third-order valence-electron chi connectivity index (χ3n) is 3.11. The fourth-order valence-electron chi connectivity index (χ4n) is 2.07. The number of benzene rings is 1. The van der Waals surface area contributed by atoms with Crippen LogP contribution in [0.3, 0.4) is 0 Å². The minimum Gasteiger partial charge on any atom is -0.461 e. The molecular formula is C17H18N2O5. The van der Waals surface area contributed by atoms with Gasteiger partial charge in [-0.3, -0.25) is 4.79 Å². The van der Waals surface area contributed by atoms with Crippen LogP contribution in [-0.2, 0) is 15.9 Å². The van der Waals surface area contributed by atoms with Crippen LogP contribution in [0, 0.1) is 0 Å². The highest BCUT2D eigenvalue weighted by molar-refractivity contribution is 5.97. The van der Waals surface area contributed by atoms with Gasteiger partial charge in [-0.15, -0.1) is 0 Å². The van der Waals surface area contributed by atoms with Gasteiger partial charge in [-0.2, -0.15) is 9.78 Å². The molecular weight excluding hydrogens is 312 g/mol. The number of carbonyl (C=O) groups excluding carboxylic acids is 3. The van der Waals surface area contributed by atoms with Gasteiger partial charge < -0.3 is 9.47 Å². The Bertz CT molecular complexity index is 737. The normalized spacial score (nSPS) is 10.2. The predicted molar refractivity (Wildman–Crippen MR) is 84.9 cm³/mol. The van der Waals surface area contributed by atoms with Gasteiger partial charge >= 0.3 is 11.9 Å². The molecule has 0 saturated carbocycles. The molecule has 7 heteroatoms. The van der Waals surface area contributed by atoms with Crippen LogP contribution in [0.25, 0.3) is 0 Å². The van der Waals surface area contributed by atoms with Gasteiger partial charge in [0.2, 0.25) is 0 Å². The lowest BCUT2D eigenvalue weighted by molar-refractivity contribution is 0.0501. The summed E-state index contributed by atoms with van der Waals surface area (Å²) >= 11 is 0. The molecule has 0 amide bonds. The summed E-state index contributed by atoms with van der Waals surface area (Å²) < 4.78 is 10.7. The molecule has 0 N–H and O–H groups in total. The highest BCUT2D eigenvalue weighted by atomic mass is 16.5. The van der Waals surface area contributed by atoms with Crippen LogP contribution in [0.2, 0.25) is 0 Å². The Balaban J connectivity index is 2.33. The maximum Gasteiger partial charge on any atom is 0.358 e. The van der Waals surface area contributed by atoms with E-state index in [0.29, 0.717) is 0 Å². The van der Waals surface area contributed by atoms with Crippen molar-refractivity contribution in [2.75, 3.05) is 13.2 Å². The summed E-state index contributed by atoms with van der Waals surface area (Å²) in [4.78, 5) is 36.3. The standard InChI is InChI=1S/C17H18N2O5/c1-3-23-16(21)13-11-14(17(22)24-4-2)19(18-13)15(20)10-12-8-6-5-7-9-12/h5-9,11H,3-4,10H2,1-2H3. The second-order valence-corrected chi connectivity index (χ2v) is 4.82. The van der Waals surface area contributed by atoms with E-state index < -0.39 is 17.8 Å². The Labute approximate surface area is 139 Å². The molecule has 0 aliphatic rings. The first kappa shape index (κ1) is 17.4. The summed E-state index contributed by atoms with van der Waals surface area (Å²) in [6, 6.07) is 10.2. The quantitative estimate of drug-likeness (QED) is 0.754. The van der Waals surface area contributed by atoms with E-state index in [-0.39, 0.29) is 31.0 Å². The van der Waals surface area contributed by atoms with Crippen molar-refractivity contribution in [3.8, 4) is 0 Å². The number of nitrogens with zero attached hydrogens (tertiary/aromatic N) is 2. The van der Waals surface area contributed by atoms with Gasteiger partial charge in [-0.05, 0) is 19.4 Å². The molecule has 126 valence electrons. The Morgan fingerprint density at radius 1 is 1.00 bits per heavy atom. The molecule has 0 fully saturated rings. The monoisotopic (exact) mass is 330 g/mol. The number of esters is 2. The number of rotatable bonds is 6. The Kier molecular flexibility index (Phi) is 5.83. The zero-order chi connectivity index (χ0) is 17.5. The maximum absolute atomic E-state index is 12.5. The van der Waals surface area contributed by atoms with Gasteiger partial charge in [0.1, 0.15) is 0 Å². The van der Waals surface area contributed by atoms with Crippen LogP contribution < -0.4 is 0 Å². The van der Waals surface area contributed by atoms with Gasteiger partial charge in [0.15, 0.2) is 11.4 Å². The molecule has 0 radical (unpaired) electrons. The molecule has 1 aromatic carbocycles. The smallest absolute Gasteiger partial charge is 0.358 e. The van der Waals surface area contributed by atoms with Gasteiger partial charge in [0.25, 0.3) is 5.91 Å². The number of aromatic nitrogens is 2. The average molecular weight is 330 g/mol. The van der Waals surface area contributed by atoms with E-state index in [4.69, 9.17) is 9.47 Å². The molecule has 0 bridgehead atoms. The first-order chi connectivity index (χ1) is 11.6. The zero-order valence-corrected chi connectivity index (χ0v) is 13.5. The van der Waals surface area contributed by atoms with Crippen molar-refractivity contribution in [3.63, 3.8) is 0 Å². The number of hydrogen-bond acceptors (Lipinski definition) is 6. The van der Waals surface area contributed by atoms with Crippen LogP contribution in [0.4, 0.5) is 0 Å². The zero-order valence-electron chi connectivity index (χ0n) is 13.5. The second-order valence-electron chi connectivity index (χ2n) is 4.82. The van der Waals surface area contributed by atoms with Gasteiger partial charge in [-0.25, -0.2) is 9.59 Å². The van der Waals surface area contributed by atoms with Crippen molar-refractivity contribution in [2.45, 2.75) is 20.3 Å². The molecule has 24 heavy (non-hydrogen) atoms. The summed E-state index contributed by atoms with van der Waals surface area (Å²) in [6.45, 7) is 3.61. The molecule has 0 aliphatic carbocycles. The van der Waals surface area contributed by atoms with Crippen LogP contribution in [0.1, 0.15) is 45.2 Å². The summed E-state index contributed by atoms with van der Waals surface area (Å²) in [7, 11) is 0. The van der Waals surface area contributed by atoms with Crippen molar-refractivity contribution in [2.24, 2.45) is 0 Å². The lowest BCUT2D eigenvalue weighted by Gasteiger charge is -2.05. The average Bonchev–Trinajstić information content (AvgIpc) is 3.02. The molecule has 7 nitrogen and oxygen atoms in total. The second kappa shape index (κ2) is 8.05. The van der Waals surface area contributed by atoms with E-state index in [9.17, 15) is 14.4 Å². The molecule has 0 spiro atoms. The van der Waals surface area contributed by atoms with Crippen molar-refractivity contribution in [1.29, 1.82) is 0 Å². The highest BCUT2D eigenvalue weighted by Crippen LogP contribution is 2.11. The molecule has 2 rings (SSSR count). The molecule has 0 saturated heterocycles. The first-order valence-electron chi connectivity index (χ1n) is 7.58. The largest absolute Gasteiger partial charge is 0.461 e. The fourth-order valence-corrected chi connectivity index (χ4v) is 2.07. The minimum absolute atomic E-state index is 0.0389. The lowest BCUT2D eigenvalue weighted by Crippen LogP contribution is -2.22. The summed E-state index contributed by atoms with van der Waals surface area (Å²) in [5.74, 6) is -1.86. The van der Waals surface area contributed by atoms with E-state index in [1.165, 1.54) is 6.07 Å². The van der Waals surface area contributed by atoms with Crippen molar-refractivity contribution in [1.82, 2.24) is 9.78 Å². The van der Waals surface area contributed by atoms with Crippen LogP contribution in [0.15, 0.2) is 36.4 Å². The number of ether oxygens (including phenoxy) is 2. The van der Waals surface area contributed by atoms with Crippen LogP contribution in [-0.4, -0.2) is 40.8 Å². The van der Waals surface area contributed by atoms with E-state index in [2.05, 4.69) is 5.10 Å². The van der Waals surface area contributed by atoms with Gasteiger partial charge in [0, 0.05) is 6.07 Å². The maximum atomic E-state index is 12.5. The molecule has 2 aromatic rings. The lowest BCUT2D eigenvalue weighted by atomic mass is 10.1. The third kappa shape index (κ3) is 4.07. The van der Waals surface area contributed by atoms with Crippen LogP contribution >= 0.6 is 0 Å². The molecule has 0 unspecified atom stereocenters. The van der Waals surface area contributed by atoms with E-state index in [0.717, 1.165) is 10.2 Å². The van der Waals surface area contributed by atoms with Gasteiger partial charge in [-0.1, -0.05) is 30.3 Å². The molecule has 0 atom stereocenters. The highest BCUT2D eigenvalue weighted by Gasteiger charge is 2.24. The third-order valence-corrected chi connectivity index (χ3v) is 3.11. The first-order valence-corrected chi connectivity index (χ1v) is 7.58. The van der Waals surface area contributed by atoms with Crippen molar-refractivity contribution >= 4 is 17.8 Å². The number of hydrogen-bond donors (Lipinski definition) is 0. The van der Waals surface area contributed by atoms with Gasteiger partial charge in [0.05, 0.1) is 19.6 Å². The van der Waals surface area contributed by atoms with E-state index >= 15 is 0 Å². The Morgan fingerprint density at radius 3 is 2.25 bits per heavy atom. The Morgan fingerprint density at radius 2 is 1.62 bits per heavy atom. The summed E-state index contributed by atoms with van der Waals surface area (Å²) in [6.07, 6.45) is 0.0389. The molecule has 1 aromatic heterocycles. The van der Waals surface area contributed by atoms with E-state index in [1.807, 2.05) is 18.2 Å². The fraction of sp³-hybridized carbons (Fsp3) is 0.294. The summed E-state index contributed by atoms with van der Waals surface area (Å²) in [5.41, 5.74) is 0.563. The SMILES string of the molecule is CCOC(=O)c1cc(C(=O)OCC)n(C(=O)Cc2ccccc2)n1. The topological polar surface area (TPSA) is 87.5 Å². The predicted octanol–water partition coefficient (Wildman–Crippen LogP) is 2.12. The van der Waals surface area contributed by atoms with Crippen molar-refractivity contribution < 1.29 is 23.9 Å². The van der Waals surface area contributed by atoms with Crippen molar-refractivity contribution in [3.05, 3.63) is 53.3 Å². The van der Waals surface area contributed by atoms with E-state index in [1.54, 1.807) is 26.0 Å². The van der Waals surface area contributed by atoms with Crippen LogP contribution in [0.5, 0.6) is 0 Å². The molecule has 0 aliphatic heterocycles. The number of carbonyl (C=O) groups is 3. The minimum atomic E-state index is -0.720.